The zero-order valence-electron chi connectivity index (χ0n) is 15.9. The van der Waals surface area contributed by atoms with E-state index in [4.69, 9.17) is 21.3 Å². The highest BCUT2D eigenvalue weighted by Crippen LogP contribution is 2.33. The standard InChI is InChI=1S/C19H22ClN5O2S/c1-13-11-14(20)12-15-16(13)22-19(28-15)25(6-5-24-7-9-27-10-8-24)18(26)17-21-3-4-23(17)2/h3-4,11-12H,5-10H2,1-2H3. The van der Waals surface area contributed by atoms with Crippen LogP contribution >= 0.6 is 22.9 Å². The highest BCUT2D eigenvalue weighted by molar-refractivity contribution is 7.22. The zero-order chi connectivity index (χ0) is 19.7. The van der Waals surface area contributed by atoms with Crippen molar-refractivity contribution >= 4 is 44.2 Å². The highest BCUT2D eigenvalue weighted by atomic mass is 35.5. The molecule has 0 spiro atoms. The number of aromatic nitrogens is 3. The largest absolute Gasteiger partial charge is 0.379 e. The maximum absolute atomic E-state index is 13.3. The Morgan fingerprint density at radius 1 is 1.36 bits per heavy atom. The number of ether oxygens (including phenoxy) is 1. The highest BCUT2D eigenvalue weighted by Gasteiger charge is 2.25. The van der Waals surface area contributed by atoms with Gasteiger partial charge in [0.15, 0.2) is 11.0 Å². The van der Waals surface area contributed by atoms with E-state index in [9.17, 15) is 4.79 Å². The number of rotatable bonds is 5. The number of anilines is 1. The second-order valence-corrected chi connectivity index (χ2v) is 8.28. The van der Waals surface area contributed by atoms with Crippen molar-refractivity contribution in [2.75, 3.05) is 44.3 Å². The number of thiazole rings is 1. The van der Waals surface area contributed by atoms with Crippen LogP contribution < -0.4 is 4.90 Å². The number of benzene rings is 1. The molecule has 4 rings (SSSR count). The minimum atomic E-state index is -0.149. The number of nitrogens with zero attached hydrogens (tertiary/aromatic N) is 5. The molecule has 0 bridgehead atoms. The Balaban J connectivity index is 1.66. The van der Waals surface area contributed by atoms with Crippen molar-refractivity contribution in [2.24, 2.45) is 7.05 Å². The Labute approximate surface area is 172 Å². The summed E-state index contributed by atoms with van der Waals surface area (Å²) in [5.74, 6) is 0.250. The Morgan fingerprint density at radius 3 is 2.86 bits per heavy atom. The number of imidazole rings is 1. The van der Waals surface area contributed by atoms with Gasteiger partial charge in [-0.1, -0.05) is 22.9 Å². The lowest BCUT2D eigenvalue weighted by molar-refractivity contribution is 0.0390. The Bertz CT molecular complexity index is 996. The molecule has 0 aliphatic carbocycles. The van der Waals surface area contributed by atoms with E-state index in [0.29, 0.717) is 22.5 Å². The van der Waals surface area contributed by atoms with Crippen LogP contribution in [0.5, 0.6) is 0 Å². The first-order chi connectivity index (χ1) is 13.5. The third kappa shape index (κ3) is 3.91. The average molecular weight is 420 g/mol. The van der Waals surface area contributed by atoms with Crippen LogP contribution in [0.3, 0.4) is 0 Å². The topological polar surface area (TPSA) is 63.5 Å². The molecular weight excluding hydrogens is 398 g/mol. The number of morpholine rings is 1. The number of amides is 1. The monoisotopic (exact) mass is 419 g/mol. The molecule has 9 heteroatoms. The van der Waals surface area contributed by atoms with Crippen LogP contribution in [0.15, 0.2) is 24.5 Å². The molecule has 1 amide bonds. The molecule has 0 saturated carbocycles. The van der Waals surface area contributed by atoms with Crippen molar-refractivity contribution in [1.29, 1.82) is 0 Å². The summed E-state index contributed by atoms with van der Waals surface area (Å²) < 4.78 is 8.13. The SMILES string of the molecule is Cc1cc(Cl)cc2sc(N(CCN3CCOCC3)C(=O)c3nccn3C)nc12. The van der Waals surface area contributed by atoms with Crippen molar-refractivity contribution in [3.05, 3.63) is 40.9 Å². The fourth-order valence-corrected chi connectivity index (χ4v) is 4.75. The second kappa shape index (κ2) is 8.16. The first kappa shape index (κ1) is 19.3. The molecule has 7 nitrogen and oxygen atoms in total. The van der Waals surface area contributed by atoms with Crippen LogP contribution in [0.1, 0.15) is 16.2 Å². The molecule has 0 atom stereocenters. The fraction of sp³-hybridized carbons (Fsp3) is 0.421. The van der Waals surface area contributed by atoms with Gasteiger partial charge in [0, 0.05) is 50.6 Å². The molecule has 28 heavy (non-hydrogen) atoms. The van der Waals surface area contributed by atoms with Crippen molar-refractivity contribution in [3.63, 3.8) is 0 Å². The van der Waals surface area contributed by atoms with Crippen LogP contribution in [0.4, 0.5) is 5.13 Å². The fourth-order valence-electron chi connectivity index (χ4n) is 3.30. The Morgan fingerprint density at radius 2 is 2.14 bits per heavy atom. The van der Waals surface area contributed by atoms with Crippen LogP contribution in [0.2, 0.25) is 5.02 Å². The molecule has 0 radical (unpaired) electrons. The molecule has 1 saturated heterocycles. The predicted molar refractivity (Wildman–Crippen MR) is 112 cm³/mol. The number of halogens is 1. The number of carbonyl (C=O) groups is 1. The molecule has 1 aromatic carbocycles. The number of fused-ring (bicyclic) bond motifs is 1. The van der Waals surface area contributed by atoms with E-state index in [1.807, 2.05) is 26.1 Å². The van der Waals surface area contributed by atoms with Crippen molar-refractivity contribution in [1.82, 2.24) is 19.4 Å². The molecule has 3 aromatic rings. The summed E-state index contributed by atoms with van der Waals surface area (Å²) >= 11 is 7.69. The van der Waals surface area contributed by atoms with E-state index in [0.717, 1.165) is 48.6 Å². The van der Waals surface area contributed by atoms with Gasteiger partial charge in [-0.3, -0.25) is 14.6 Å². The minimum Gasteiger partial charge on any atom is -0.379 e. The number of hydrogen-bond acceptors (Lipinski definition) is 6. The van der Waals surface area contributed by atoms with E-state index >= 15 is 0 Å². The summed E-state index contributed by atoms with van der Waals surface area (Å²) in [6, 6.07) is 3.79. The van der Waals surface area contributed by atoms with Gasteiger partial charge in [-0.15, -0.1) is 0 Å². The lowest BCUT2D eigenvalue weighted by Gasteiger charge is -2.29. The quantitative estimate of drug-likeness (QED) is 0.636. The third-order valence-corrected chi connectivity index (χ3v) is 6.11. The molecule has 1 fully saturated rings. The molecular formula is C19H22ClN5O2S. The Hall–Kier alpha value is -2.00. The van der Waals surface area contributed by atoms with Gasteiger partial charge in [-0.25, -0.2) is 9.97 Å². The maximum Gasteiger partial charge on any atom is 0.296 e. The molecule has 0 N–H and O–H groups in total. The summed E-state index contributed by atoms with van der Waals surface area (Å²) in [5.41, 5.74) is 1.89. The van der Waals surface area contributed by atoms with Gasteiger partial charge < -0.3 is 9.30 Å². The summed E-state index contributed by atoms with van der Waals surface area (Å²) in [5, 5.41) is 1.34. The van der Waals surface area contributed by atoms with Gasteiger partial charge in [-0.2, -0.15) is 0 Å². The van der Waals surface area contributed by atoms with Crippen molar-refractivity contribution in [3.8, 4) is 0 Å². The first-order valence-electron chi connectivity index (χ1n) is 9.19. The lowest BCUT2D eigenvalue weighted by atomic mass is 10.2. The van der Waals surface area contributed by atoms with Gasteiger partial charge in [0.25, 0.3) is 5.91 Å². The van der Waals surface area contributed by atoms with E-state index in [2.05, 4.69) is 9.88 Å². The van der Waals surface area contributed by atoms with Crippen molar-refractivity contribution in [2.45, 2.75) is 6.92 Å². The van der Waals surface area contributed by atoms with Crippen LogP contribution in [-0.2, 0) is 11.8 Å². The second-order valence-electron chi connectivity index (χ2n) is 6.84. The van der Waals surface area contributed by atoms with Gasteiger partial charge in [0.1, 0.15) is 0 Å². The number of hydrogen-bond donors (Lipinski definition) is 0. The number of aryl methyl sites for hydroxylation is 2. The minimum absolute atomic E-state index is 0.149. The first-order valence-corrected chi connectivity index (χ1v) is 10.4. The molecule has 2 aromatic heterocycles. The van der Waals surface area contributed by atoms with Gasteiger partial charge in [0.05, 0.1) is 23.4 Å². The molecule has 0 unspecified atom stereocenters. The van der Waals surface area contributed by atoms with E-state index < -0.39 is 0 Å². The smallest absolute Gasteiger partial charge is 0.296 e. The van der Waals surface area contributed by atoms with Gasteiger partial charge in [0.2, 0.25) is 0 Å². The molecule has 1 aliphatic heterocycles. The van der Waals surface area contributed by atoms with E-state index in [1.165, 1.54) is 11.3 Å². The summed E-state index contributed by atoms with van der Waals surface area (Å²) in [4.78, 5) is 26.3. The normalized spacial score (nSPS) is 15.2. The van der Waals surface area contributed by atoms with Crippen LogP contribution in [0, 0.1) is 6.92 Å². The predicted octanol–water partition coefficient (Wildman–Crippen LogP) is 2.97. The van der Waals surface area contributed by atoms with E-state index in [1.54, 1.807) is 21.9 Å². The molecule has 1 aliphatic rings. The number of carbonyl (C=O) groups excluding carboxylic acids is 1. The summed E-state index contributed by atoms with van der Waals surface area (Å²) in [7, 11) is 1.82. The summed E-state index contributed by atoms with van der Waals surface area (Å²) in [6.07, 6.45) is 3.41. The van der Waals surface area contributed by atoms with Crippen molar-refractivity contribution < 1.29 is 9.53 Å². The zero-order valence-corrected chi connectivity index (χ0v) is 17.5. The van der Waals surface area contributed by atoms with E-state index in [-0.39, 0.29) is 5.91 Å². The average Bonchev–Trinajstić information content (AvgIpc) is 3.29. The molecule has 148 valence electrons. The Kier molecular flexibility index (Phi) is 5.63. The van der Waals surface area contributed by atoms with Crippen LogP contribution in [-0.4, -0.2) is 64.7 Å². The third-order valence-electron chi connectivity index (χ3n) is 4.87. The summed E-state index contributed by atoms with van der Waals surface area (Å²) in [6.45, 7) is 6.49. The van der Waals surface area contributed by atoms with Gasteiger partial charge in [-0.05, 0) is 24.6 Å². The lowest BCUT2D eigenvalue weighted by Crippen LogP contribution is -2.43. The molecule has 3 heterocycles. The van der Waals surface area contributed by atoms with Crippen LogP contribution in [0.25, 0.3) is 10.2 Å². The van der Waals surface area contributed by atoms with Gasteiger partial charge >= 0.3 is 0 Å². The maximum atomic E-state index is 13.3.